The molecule has 4 aromatic carbocycles. The Hall–Kier alpha value is -4.36. The van der Waals surface area contributed by atoms with Crippen LogP contribution in [-0.2, 0) is 48.9 Å². The van der Waals surface area contributed by atoms with Crippen molar-refractivity contribution in [3.05, 3.63) is 119 Å². The minimum absolute atomic E-state index is 0.103. The van der Waals surface area contributed by atoms with Gasteiger partial charge in [0.15, 0.2) is 0 Å². The molecule has 1 aliphatic rings. The van der Waals surface area contributed by atoms with Gasteiger partial charge in [-0.1, -0.05) is 72.8 Å². The Morgan fingerprint density at radius 1 is 0.605 bits per heavy atom. The first-order chi connectivity index (χ1) is 20.4. The summed E-state index contributed by atoms with van der Waals surface area (Å²) in [6.07, 6.45) is 0.00167. The van der Waals surface area contributed by atoms with Crippen LogP contribution in [0, 0.1) is 0 Å². The largest absolute Gasteiger partial charge is 0.548 e. The minimum Gasteiger partial charge on any atom is -0.548 e. The van der Waals surface area contributed by atoms with Crippen molar-refractivity contribution in [2.45, 2.75) is 41.1 Å². The molecule has 0 radical (unpaired) electrons. The van der Waals surface area contributed by atoms with Gasteiger partial charge in [0.1, 0.15) is 0 Å². The van der Waals surface area contributed by atoms with Gasteiger partial charge in [0.05, 0.1) is 33.8 Å². The Balaban J connectivity index is 1.34. The number of carboxylic acids is 2. The number of aliphatic carboxylic acids is 2. The first kappa shape index (κ1) is 30.1. The van der Waals surface area contributed by atoms with Gasteiger partial charge in [-0.2, -0.15) is 0 Å². The Morgan fingerprint density at radius 3 is 1.33 bits per heavy atom. The van der Waals surface area contributed by atoms with E-state index in [1.54, 1.807) is 72.8 Å². The summed E-state index contributed by atoms with van der Waals surface area (Å²) in [5.41, 5.74) is 3.84. The molecule has 2 N–H and O–H groups in total. The molecule has 0 heterocycles. The van der Waals surface area contributed by atoms with Crippen LogP contribution in [0.5, 0.6) is 0 Å². The van der Waals surface area contributed by atoms with Gasteiger partial charge in [0.2, 0.25) is 20.0 Å². The number of benzene rings is 4. The Labute approximate surface area is 249 Å². The van der Waals surface area contributed by atoms with Crippen molar-refractivity contribution in [2.75, 3.05) is 0 Å². The predicted octanol–water partition coefficient (Wildman–Crippen LogP) is 0.537. The molecule has 0 saturated carbocycles. The molecule has 0 fully saturated rings. The lowest BCUT2D eigenvalue weighted by atomic mass is 10.1. The van der Waals surface area contributed by atoms with E-state index in [2.05, 4.69) is 9.44 Å². The molecule has 2 atom stereocenters. The van der Waals surface area contributed by atoms with Crippen molar-refractivity contribution >= 4 is 32.0 Å². The molecular formula is C31H26N2O8S2-2. The van der Waals surface area contributed by atoms with Gasteiger partial charge in [-0.15, -0.1) is 0 Å². The van der Waals surface area contributed by atoms with Gasteiger partial charge in [-0.05, 0) is 76.9 Å². The lowest BCUT2D eigenvalue weighted by Gasteiger charge is -2.20. The van der Waals surface area contributed by atoms with E-state index in [9.17, 15) is 36.6 Å². The molecule has 12 heteroatoms. The molecule has 5 rings (SSSR count). The Morgan fingerprint density at radius 2 is 0.977 bits per heavy atom. The average Bonchev–Trinajstić information content (AvgIpc) is 3.34. The van der Waals surface area contributed by atoms with Gasteiger partial charge in [0, 0.05) is 0 Å². The quantitative estimate of drug-likeness (QED) is 0.204. The third-order valence-corrected chi connectivity index (χ3v) is 10.1. The van der Waals surface area contributed by atoms with Crippen molar-refractivity contribution in [1.29, 1.82) is 0 Å². The number of hydrogen-bond acceptors (Lipinski definition) is 8. The minimum atomic E-state index is -4.25. The zero-order chi connectivity index (χ0) is 30.8. The van der Waals surface area contributed by atoms with Crippen LogP contribution in [0.4, 0.5) is 0 Å². The fourth-order valence-corrected chi connectivity index (χ4v) is 7.52. The Kier molecular flexibility index (Phi) is 8.47. The van der Waals surface area contributed by atoms with Crippen LogP contribution >= 0.6 is 0 Å². The average molecular weight is 619 g/mol. The van der Waals surface area contributed by atoms with E-state index >= 15 is 0 Å². The maximum absolute atomic E-state index is 13.1. The summed E-state index contributed by atoms with van der Waals surface area (Å²) in [5.74, 6) is -3.12. The van der Waals surface area contributed by atoms with Crippen LogP contribution in [-0.4, -0.2) is 40.9 Å². The van der Waals surface area contributed by atoms with Gasteiger partial charge in [-0.25, -0.2) is 26.3 Å². The second-order valence-corrected chi connectivity index (χ2v) is 13.6. The maximum atomic E-state index is 13.1. The molecule has 10 nitrogen and oxygen atoms in total. The normalized spacial score (nSPS) is 14.0. The van der Waals surface area contributed by atoms with E-state index in [0.29, 0.717) is 33.4 Å². The summed E-state index contributed by atoms with van der Waals surface area (Å²) in [5, 5.41) is 23.5. The van der Waals surface area contributed by atoms with Crippen LogP contribution in [0.2, 0.25) is 0 Å². The van der Waals surface area contributed by atoms with E-state index in [0.717, 1.165) is 0 Å². The summed E-state index contributed by atoms with van der Waals surface area (Å²) in [6.45, 7) is 0. The highest BCUT2D eigenvalue weighted by Gasteiger charge is 2.27. The number of sulfonamides is 2. The lowest BCUT2D eigenvalue weighted by molar-refractivity contribution is -0.309. The second-order valence-electron chi connectivity index (χ2n) is 10.2. The molecular weight excluding hydrogens is 592 g/mol. The predicted molar refractivity (Wildman–Crippen MR) is 153 cm³/mol. The van der Waals surface area contributed by atoms with E-state index in [1.807, 2.05) is 0 Å². The summed E-state index contributed by atoms with van der Waals surface area (Å²) in [4.78, 5) is 23.2. The number of carbonyl (C=O) groups excluding carboxylic acids is 2. The molecule has 0 unspecified atom stereocenters. The summed E-state index contributed by atoms with van der Waals surface area (Å²) < 4.78 is 57.0. The van der Waals surface area contributed by atoms with Crippen LogP contribution in [0.15, 0.2) is 107 Å². The highest BCUT2D eigenvalue weighted by molar-refractivity contribution is 7.89. The van der Waals surface area contributed by atoms with E-state index in [1.165, 1.54) is 24.3 Å². The second kappa shape index (κ2) is 12.1. The number of fused-ring (bicyclic) bond motifs is 3. The highest BCUT2D eigenvalue weighted by Crippen LogP contribution is 2.38. The third kappa shape index (κ3) is 6.83. The van der Waals surface area contributed by atoms with Crippen molar-refractivity contribution in [2.24, 2.45) is 0 Å². The van der Waals surface area contributed by atoms with E-state index < -0.39 is 44.1 Å². The summed E-state index contributed by atoms with van der Waals surface area (Å²) >= 11 is 0. The first-order valence-corrected chi connectivity index (χ1v) is 16.2. The molecule has 0 spiro atoms. The van der Waals surface area contributed by atoms with Crippen molar-refractivity contribution in [3.8, 4) is 11.1 Å². The van der Waals surface area contributed by atoms with Gasteiger partial charge < -0.3 is 19.8 Å². The number of hydrogen-bond donors (Lipinski definition) is 2. The first-order valence-electron chi connectivity index (χ1n) is 13.2. The molecule has 0 saturated heterocycles. The lowest BCUT2D eigenvalue weighted by Crippen LogP contribution is -2.49. The highest BCUT2D eigenvalue weighted by atomic mass is 32.2. The molecule has 222 valence electrons. The molecule has 0 bridgehead atoms. The number of carboxylic acid groups (broad SMARTS) is 2. The van der Waals surface area contributed by atoms with Gasteiger partial charge in [-0.3, -0.25) is 0 Å². The standard InChI is InChI=1S/C31H28N2O8S2/c34-30(35)28(15-20-7-3-1-4-8-20)32-42(38,39)24-11-13-26-22(18-24)17-23-19-25(12-14-27(23)26)43(40,41)33-29(31(36)37)16-21-9-5-2-6-10-21/h1-14,18-19,28-29,32-33H,15-17H2,(H,34,35)(H,36,37)/p-2/t28-,29-/m0/s1. The van der Waals surface area contributed by atoms with Crippen molar-refractivity contribution < 1.29 is 36.6 Å². The van der Waals surface area contributed by atoms with Gasteiger partial charge >= 0.3 is 0 Å². The van der Waals surface area contributed by atoms with Crippen molar-refractivity contribution in [3.63, 3.8) is 0 Å². The molecule has 0 aliphatic heterocycles. The molecule has 0 aromatic heterocycles. The maximum Gasteiger partial charge on any atom is 0.241 e. The van der Waals surface area contributed by atoms with Crippen LogP contribution in [0.1, 0.15) is 22.3 Å². The molecule has 4 aromatic rings. The molecule has 0 amide bonds. The number of rotatable bonds is 12. The monoisotopic (exact) mass is 618 g/mol. The zero-order valence-corrected chi connectivity index (χ0v) is 24.2. The summed E-state index contributed by atoms with van der Waals surface area (Å²) in [7, 11) is -8.50. The SMILES string of the molecule is O=C([O-])[C@H](Cc1ccccc1)NS(=O)(=O)c1ccc2c(c1)Cc1cc(S(=O)(=O)N[C@@H](Cc3ccccc3)C(=O)[O-])ccc1-2. The Bertz CT molecular complexity index is 1760. The topological polar surface area (TPSA) is 173 Å². The van der Waals surface area contributed by atoms with Gasteiger partial charge in [0.25, 0.3) is 0 Å². The zero-order valence-electron chi connectivity index (χ0n) is 22.6. The van der Waals surface area contributed by atoms with E-state index in [4.69, 9.17) is 0 Å². The van der Waals surface area contributed by atoms with Crippen LogP contribution < -0.4 is 19.7 Å². The van der Waals surface area contributed by atoms with Crippen LogP contribution in [0.3, 0.4) is 0 Å². The molecule has 1 aliphatic carbocycles. The summed E-state index contributed by atoms with van der Waals surface area (Å²) in [6, 6.07) is 22.8. The molecule has 43 heavy (non-hydrogen) atoms. The number of nitrogens with one attached hydrogen (secondary N) is 2. The van der Waals surface area contributed by atoms with Crippen molar-refractivity contribution in [1.82, 2.24) is 9.44 Å². The fraction of sp³-hybridized carbons (Fsp3) is 0.161. The fourth-order valence-electron chi connectivity index (χ4n) is 5.05. The number of carbonyl (C=O) groups is 2. The smallest absolute Gasteiger partial charge is 0.241 e. The van der Waals surface area contributed by atoms with Crippen LogP contribution in [0.25, 0.3) is 11.1 Å². The van der Waals surface area contributed by atoms with E-state index in [-0.39, 0.29) is 29.1 Å². The third-order valence-electron chi connectivity index (χ3n) is 7.17.